The first-order valence-corrected chi connectivity index (χ1v) is 5.50. The highest BCUT2D eigenvalue weighted by Crippen LogP contribution is 2.16. The van der Waals surface area contributed by atoms with Crippen LogP contribution in [0.4, 0.5) is 0 Å². The molecule has 3 nitrogen and oxygen atoms in total. The molecule has 1 heterocycles. The SMILES string of the molecule is CCCNC(CCC)c1ccnn1C. The molecule has 1 aromatic heterocycles. The lowest BCUT2D eigenvalue weighted by Gasteiger charge is -2.17. The van der Waals surface area contributed by atoms with Gasteiger partial charge < -0.3 is 5.32 Å². The number of rotatable bonds is 6. The minimum Gasteiger partial charge on any atom is -0.309 e. The summed E-state index contributed by atoms with van der Waals surface area (Å²) >= 11 is 0. The molecule has 0 aliphatic heterocycles. The Morgan fingerprint density at radius 3 is 2.71 bits per heavy atom. The molecule has 1 rings (SSSR count). The molecule has 0 amide bonds. The Hall–Kier alpha value is -0.830. The predicted molar refractivity (Wildman–Crippen MR) is 59.2 cm³/mol. The highest BCUT2D eigenvalue weighted by molar-refractivity contribution is 5.06. The number of hydrogen-bond acceptors (Lipinski definition) is 2. The zero-order valence-electron chi connectivity index (χ0n) is 9.45. The second-order valence-corrected chi connectivity index (χ2v) is 3.68. The van der Waals surface area contributed by atoms with Crippen molar-refractivity contribution in [2.24, 2.45) is 7.05 Å². The normalized spacial score (nSPS) is 13.1. The number of hydrogen-bond donors (Lipinski definition) is 1. The fraction of sp³-hybridized carbons (Fsp3) is 0.727. The average Bonchev–Trinajstić information content (AvgIpc) is 2.59. The third kappa shape index (κ3) is 2.84. The smallest absolute Gasteiger partial charge is 0.0550 e. The Kier molecular flexibility index (Phi) is 4.66. The Morgan fingerprint density at radius 1 is 1.43 bits per heavy atom. The van der Waals surface area contributed by atoms with Crippen molar-refractivity contribution >= 4 is 0 Å². The lowest BCUT2D eigenvalue weighted by molar-refractivity contribution is 0.464. The van der Waals surface area contributed by atoms with Gasteiger partial charge >= 0.3 is 0 Å². The van der Waals surface area contributed by atoms with Crippen LogP contribution in [0.15, 0.2) is 12.3 Å². The van der Waals surface area contributed by atoms with Gasteiger partial charge in [0, 0.05) is 19.3 Å². The molecular weight excluding hydrogens is 174 g/mol. The average molecular weight is 195 g/mol. The first-order valence-electron chi connectivity index (χ1n) is 5.50. The summed E-state index contributed by atoms with van der Waals surface area (Å²) in [7, 11) is 2.01. The van der Waals surface area contributed by atoms with Crippen LogP contribution in [0, 0.1) is 0 Å². The molecule has 0 spiro atoms. The van der Waals surface area contributed by atoms with Crippen molar-refractivity contribution in [3.8, 4) is 0 Å². The van der Waals surface area contributed by atoms with E-state index in [4.69, 9.17) is 0 Å². The van der Waals surface area contributed by atoms with Gasteiger partial charge in [-0.3, -0.25) is 4.68 Å². The van der Waals surface area contributed by atoms with Crippen LogP contribution in [-0.2, 0) is 7.05 Å². The van der Waals surface area contributed by atoms with E-state index < -0.39 is 0 Å². The van der Waals surface area contributed by atoms with Crippen LogP contribution in [0.1, 0.15) is 44.8 Å². The third-order valence-corrected chi connectivity index (χ3v) is 2.43. The van der Waals surface area contributed by atoms with E-state index in [2.05, 4.69) is 30.3 Å². The summed E-state index contributed by atoms with van der Waals surface area (Å²) in [6, 6.07) is 2.57. The molecule has 1 N–H and O–H groups in total. The molecule has 0 aliphatic rings. The molecule has 0 aromatic carbocycles. The van der Waals surface area contributed by atoms with Crippen LogP contribution >= 0.6 is 0 Å². The maximum atomic E-state index is 4.20. The zero-order valence-corrected chi connectivity index (χ0v) is 9.45. The summed E-state index contributed by atoms with van der Waals surface area (Å²) < 4.78 is 1.96. The molecule has 14 heavy (non-hydrogen) atoms. The fourth-order valence-corrected chi connectivity index (χ4v) is 1.69. The van der Waals surface area contributed by atoms with Gasteiger partial charge in [0.2, 0.25) is 0 Å². The van der Waals surface area contributed by atoms with Gasteiger partial charge in [-0.15, -0.1) is 0 Å². The Bertz CT molecular complexity index is 255. The predicted octanol–water partition coefficient (Wildman–Crippen LogP) is 2.26. The summed E-state index contributed by atoms with van der Waals surface area (Å²) in [4.78, 5) is 0. The molecule has 1 unspecified atom stereocenters. The highest BCUT2D eigenvalue weighted by atomic mass is 15.3. The summed E-state index contributed by atoms with van der Waals surface area (Å²) in [5, 5.41) is 7.76. The van der Waals surface area contributed by atoms with Gasteiger partial charge in [0.15, 0.2) is 0 Å². The second kappa shape index (κ2) is 5.81. The minimum atomic E-state index is 0.465. The van der Waals surface area contributed by atoms with Gasteiger partial charge in [0.25, 0.3) is 0 Å². The number of aryl methyl sites for hydroxylation is 1. The quantitative estimate of drug-likeness (QED) is 0.754. The third-order valence-electron chi connectivity index (χ3n) is 2.43. The largest absolute Gasteiger partial charge is 0.309 e. The molecule has 3 heteroatoms. The van der Waals surface area contributed by atoms with Crippen LogP contribution in [0.25, 0.3) is 0 Å². The lowest BCUT2D eigenvalue weighted by Crippen LogP contribution is -2.24. The molecule has 1 aromatic rings. The maximum absolute atomic E-state index is 4.20. The Labute approximate surface area is 86.5 Å². The van der Waals surface area contributed by atoms with Crippen LogP contribution in [0.3, 0.4) is 0 Å². The van der Waals surface area contributed by atoms with E-state index in [0.29, 0.717) is 6.04 Å². The van der Waals surface area contributed by atoms with Gasteiger partial charge in [-0.25, -0.2) is 0 Å². The van der Waals surface area contributed by atoms with Crippen molar-refractivity contribution in [1.82, 2.24) is 15.1 Å². The minimum absolute atomic E-state index is 0.465. The standard InChI is InChI=1S/C11H21N3/c1-4-6-10(12-8-5-2)11-7-9-13-14(11)3/h7,9-10,12H,4-6,8H2,1-3H3. The summed E-state index contributed by atoms with van der Waals surface area (Å²) in [5.41, 5.74) is 1.29. The van der Waals surface area contributed by atoms with Crippen LogP contribution in [0.5, 0.6) is 0 Å². The zero-order chi connectivity index (χ0) is 10.4. The van der Waals surface area contributed by atoms with Crippen molar-refractivity contribution in [3.63, 3.8) is 0 Å². The molecule has 1 atom stereocenters. The molecule has 0 fully saturated rings. The van der Waals surface area contributed by atoms with E-state index in [-0.39, 0.29) is 0 Å². The fourth-order valence-electron chi connectivity index (χ4n) is 1.69. The van der Waals surface area contributed by atoms with Crippen molar-refractivity contribution in [2.75, 3.05) is 6.54 Å². The van der Waals surface area contributed by atoms with Gasteiger partial charge in [0.05, 0.1) is 5.69 Å². The number of nitrogens with one attached hydrogen (secondary N) is 1. The van der Waals surface area contributed by atoms with Crippen LogP contribution in [0.2, 0.25) is 0 Å². The summed E-state index contributed by atoms with van der Waals surface area (Å²) in [5.74, 6) is 0. The molecule has 0 aliphatic carbocycles. The molecule has 80 valence electrons. The molecule has 0 bridgehead atoms. The van der Waals surface area contributed by atoms with E-state index in [0.717, 1.165) is 6.54 Å². The first-order chi connectivity index (χ1) is 6.79. The lowest BCUT2D eigenvalue weighted by atomic mass is 10.1. The Morgan fingerprint density at radius 2 is 2.21 bits per heavy atom. The number of nitrogens with zero attached hydrogens (tertiary/aromatic N) is 2. The summed E-state index contributed by atoms with van der Waals surface area (Å²) in [6.45, 7) is 5.49. The van der Waals surface area contributed by atoms with E-state index >= 15 is 0 Å². The number of aromatic nitrogens is 2. The van der Waals surface area contributed by atoms with Gasteiger partial charge in [0.1, 0.15) is 0 Å². The van der Waals surface area contributed by atoms with Gasteiger partial charge in [-0.2, -0.15) is 5.10 Å². The second-order valence-electron chi connectivity index (χ2n) is 3.68. The van der Waals surface area contributed by atoms with Crippen LogP contribution < -0.4 is 5.32 Å². The van der Waals surface area contributed by atoms with Crippen molar-refractivity contribution in [2.45, 2.75) is 39.2 Å². The van der Waals surface area contributed by atoms with E-state index in [1.807, 2.05) is 17.9 Å². The summed E-state index contributed by atoms with van der Waals surface area (Å²) in [6.07, 6.45) is 5.43. The van der Waals surface area contributed by atoms with Gasteiger partial charge in [-0.05, 0) is 25.5 Å². The van der Waals surface area contributed by atoms with Crippen LogP contribution in [-0.4, -0.2) is 16.3 Å². The molecular formula is C11H21N3. The topological polar surface area (TPSA) is 29.9 Å². The monoisotopic (exact) mass is 195 g/mol. The first kappa shape index (κ1) is 11.2. The van der Waals surface area contributed by atoms with E-state index in [9.17, 15) is 0 Å². The Balaban J connectivity index is 2.62. The molecule has 0 saturated heterocycles. The van der Waals surface area contributed by atoms with Gasteiger partial charge in [-0.1, -0.05) is 20.3 Å². The van der Waals surface area contributed by atoms with E-state index in [1.54, 1.807) is 0 Å². The molecule has 0 saturated carbocycles. The molecule has 0 radical (unpaired) electrons. The van der Waals surface area contributed by atoms with Crippen molar-refractivity contribution in [3.05, 3.63) is 18.0 Å². The van der Waals surface area contributed by atoms with Crippen molar-refractivity contribution < 1.29 is 0 Å². The highest BCUT2D eigenvalue weighted by Gasteiger charge is 2.12. The maximum Gasteiger partial charge on any atom is 0.0550 e. The van der Waals surface area contributed by atoms with Crippen molar-refractivity contribution in [1.29, 1.82) is 0 Å². The van der Waals surface area contributed by atoms with E-state index in [1.165, 1.54) is 25.0 Å².